The molecule has 0 aliphatic rings. The van der Waals surface area contributed by atoms with Crippen LogP contribution in [0.3, 0.4) is 0 Å². The summed E-state index contributed by atoms with van der Waals surface area (Å²) in [6.45, 7) is 11.8. The summed E-state index contributed by atoms with van der Waals surface area (Å²) >= 11 is 0. The molecule has 0 unspecified atom stereocenters. The molecule has 6 heteroatoms. The van der Waals surface area contributed by atoms with Gasteiger partial charge in [-0.25, -0.2) is 4.83 Å². The van der Waals surface area contributed by atoms with E-state index in [0.29, 0.717) is 12.1 Å². The van der Waals surface area contributed by atoms with Crippen LogP contribution < -0.4 is 9.57 Å². The first-order valence-electron chi connectivity index (χ1n) is 10.4. The van der Waals surface area contributed by atoms with Gasteiger partial charge >= 0.3 is 0 Å². The fourth-order valence-corrected chi connectivity index (χ4v) is 3.67. The van der Waals surface area contributed by atoms with Crippen molar-refractivity contribution in [2.75, 3.05) is 7.11 Å². The van der Waals surface area contributed by atoms with E-state index in [2.05, 4.69) is 16.5 Å². The average molecular weight is 453 g/mol. The Hall–Kier alpha value is -3.12. The molecule has 0 aromatic heterocycles. The van der Waals surface area contributed by atoms with E-state index in [-0.39, 0.29) is 4.90 Å². The van der Waals surface area contributed by atoms with Crippen molar-refractivity contribution in [3.8, 4) is 5.75 Å². The van der Waals surface area contributed by atoms with E-state index < -0.39 is 15.4 Å². The van der Waals surface area contributed by atoms with E-state index in [1.807, 2.05) is 70.2 Å². The molecule has 2 aromatic carbocycles. The van der Waals surface area contributed by atoms with E-state index in [4.69, 9.17) is 4.74 Å². The van der Waals surface area contributed by atoms with Gasteiger partial charge in [-0.1, -0.05) is 59.7 Å². The number of nitrogens with zero attached hydrogens (tertiary/aromatic N) is 1. The minimum Gasteiger partial charge on any atom is -0.497 e. The Morgan fingerprint density at radius 1 is 1.12 bits per heavy atom. The molecule has 170 valence electrons. The predicted molar refractivity (Wildman–Crippen MR) is 133 cm³/mol. The third-order valence-electron chi connectivity index (χ3n) is 5.12. The highest BCUT2D eigenvalue weighted by Gasteiger charge is 2.25. The van der Waals surface area contributed by atoms with Gasteiger partial charge in [0.1, 0.15) is 5.75 Å². The molecule has 5 nitrogen and oxygen atoms in total. The fraction of sp³-hybridized carbons (Fsp3) is 0.269. The molecule has 0 aliphatic heterocycles. The van der Waals surface area contributed by atoms with Crippen molar-refractivity contribution in [2.24, 2.45) is 10.5 Å². The summed E-state index contributed by atoms with van der Waals surface area (Å²) in [5.74, 6) is 0.782. The average Bonchev–Trinajstić information content (AvgIpc) is 2.78. The van der Waals surface area contributed by atoms with Gasteiger partial charge < -0.3 is 4.74 Å². The summed E-state index contributed by atoms with van der Waals surface area (Å²) in [5, 5.41) is 4.34. The summed E-state index contributed by atoms with van der Waals surface area (Å²) in [6.07, 6.45) is 8.20. The van der Waals surface area contributed by atoms with Crippen LogP contribution in [0.5, 0.6) is 5.75 Å². The highest BCUT2D eigenvalue weighted by molar-refractivity contribution is 7.89. The first-order valence-corrected chi connectivity index (χ1v) is 11.8. The van der Waals surface area contributed by atoms with E-state index >= 15 is 0 Å². The summed E-state index contributed by atoms with van der Waals surface area (Å²) in [5.41, 5.74) is 3.06. The molecule has 2 rings (SSSR count). The number of aryl methyl sites for hydroxylation is 1. The number of allylic oxidation sites excluding steroid dienone is 4. The standard InChI is InChI=1S/C26H32N2O3S/c1-7-26(5,19-18-22-11-13-23(31-6)14-12-22)25(17-8-20(2)3)27-28-32(29,30)24-15-9-21(4)10-16-24/h7-16,18-19,28H,1,17H2,2-6H3/b19-18+,27-25+/t26-/m0/s1. The van der Waals surface area contributed by atoms with Gasteiger partial charge in [-0.2, -0.15) is 13.5 Å². The molecule has 1 atom stereocenters. The van der Waals surface area contributed by atoms with Crippen LogP contribution in [-0.4, -0.2) is 21.2 Å². The van der Waals surface area contributed by atoms with Gasteiger partial charge in [0, 0.05) is 11.8 Å². The van der Waals surface area contributed by atoms with Crippen molar-refractivity contribution in [2.45, 2.75) is 39.0 Å². The first kappa shape index (κ1) is 25.1. The van der Waals surface area contributed by atoms with Crippen LogP contribution >= 0.6 is 0 Å². The molecule has 2 aromatic rings. The molecule has 0 heterocycles. The number of rotatable bonds is 10. The van der Waals surface area contributed by atoms with Crippen molar-refractivity contribution in [1.29, 1.82) is 0 Å². The first-order chi connectivity index (χ1) is 15.1. The molecule has 0 saturated carbocycles. The van der Waals surface area contributed by atoms with Crippen LogP contribution in [0.15, 0.2) is 88.9 Å². The number of hydrogen-bond acceptors (Lipinski definition) is 4. The minimum atomic E-state index is -3.78. The van der Waals surface area contributed by atoms with Gasteiger partial charge in [-0.3, -0.25) is 0 Å². The number of nitrogens with one attached hydrogen (secondary N) is 1. The zero-order valence-corrected chi connectivity index (χ0v) is 20.2. The number of sulfonamides is 1. The molecule has 0 amide bonds. The molecule has 0 bridgehead atoms. The maximum absolute atomic E-state index is 12.8. The highest BCUT2D eigenvalue weighted by atomic mass is 32.2. The molecule has 1 N–H and O–H groups in total. The van der Waals surface area contributed by atoms with Crippen molar-refractivity contribution >= 4 is 21.8 Å². The quantitative estimate of drug-likeness (QED) is 0.277. The Kier molecular flexibility index (Phi) is 8.61. The lowest BCUT2D eigenvalue weighted by Crippen LogP contribution is -2.28. The second kappa shape index (κ2) is 11.0. The zero-order chi connectivity index (χ0) is 23.8. The van der Waals surface area contributed by atoms with Crippen molar-refractivity contribution in [3.63, 3.8) is 0 Å². The molecule has 0 radical (unpaired) electrons. The Balaban J connectivity index is 2.38. The Labute approximate surface area is 192 Å². The molecule has 0 spiro atoms. The molecule has 0 aliphatic carbocycles. The largest absolute Gasteiger partial charge is 0.497 e. The zero-order valence-electron chi connectivity index (χ0n) is 19.4. The van der Waals surface area contributed by atoms with Crippen LogP contribution in [0.1, 0.15) is 38.3 Å². The van der Waals surface area contributed by atoms with Gasteiger partial charge in [0.05, 0.1) is 17.7 Å². The molecule has 0 saturated heterocycles. The van der Waals surface area contributed by atoms with Crippen LogP contribution in [-0.2, 0) is 10.0 Å². The molecular formula is C26H32N2O3S. The van der Waals surface area contributed by atoms with Gasteiger partial charge in [0.15, 0.2) is 0 Å². The van der Waals surface area contributed by atoms with E-state index in [1.54, 1.807) is 37.5 Å². The third-order valence-corrected chi connectivity index (χ3v) is 6.34. The number of hydrogen-bond donors (Lipinski definition) is 1. The normalized spacial score (nSPS) is 14.0. The van der Waals surface area contributed by atoms with E-state index in [9.17, 15) is 8.42 Å². The monoisotopic (exact) mass is 452 g/mol. The molecule has 32 heavy (non-hydrogen) atoms. The van der Waals surface area contributed by atoms with Crippen LogP contribution in [0.4, 0.5) is 0 Å². The maximum atomic E-state index is 12.8. The van der Waals surface area contributed by atoms with Crippen LogP contribution in [0.25, 0.3) is 6.08 Å². The second-order valence-electron chi connectivity index (χ2n) is 8.05. The Morgan fingerprint density at radius 2 is 1.75 bits per heavy atom. The molecular weight excluding hydrogens is 420 g/mol. The van der Waals surface area contributed by atoms with Crippen molar-refractivity contribution in [1.82, 2.24) is 4.83 Å². The van der Waals surface area contributed by atoms with Crippen LogP contribution in [0, 0.1) is 12.3 Å². The van der Waals surface area contributed by atoms with Gasteiger partial charge in [0.2, 0.25) is 0 Å². The topological polar surface area (TPSA) is 67.8 Å². The summed E-state index contributed by atoms with van der Waals surface area (Å²) in [7, 11) is -2.16. The van der Waals surface area contributed by atoms with E-state index in [1.165, 1.54) is 0 Å². The van der Waals surface area contributed by atoms with Crippen LogP contribution in [0.2, 0.25) is 0 Å². The van der Waals surface area contributed by atoms with Crippen molar-refractivity contribution < 1.29 is 13.2 Å². The Bertz CT molecular complexity index is 1110. The molecule has 0 fully saturated rings. The number of hydrazone groups is 1. The smallest absolute Gasteiger partial charge is 0.276 e. The number of ether oxygens (including phenoxy) is 1. The third kappa shape index (κ3) is 6.95. The lowest BCUT2D eigenvalue weighted by atomic mass is 9.82. The minimum absolute atomic E-state index is 0.169. The van der Waals surface area contributed by atoms with Gasteiger partial charge in [0.25, 0.3) is 10.0 Å². The number of methoxy groups -OCH3 is 1. The Morgan fingerprint density at radius 3 is 2.28 bits per heavy atom. The predicted octanol–water partition coefficient (Wildman–Crippen LogP) is 5.90. The highest BCUT2D eigenvalue weighted by Crippen LogP contribution is 2.27. The maximum Gasteiger partial charge on any atom is 0.276 e. The lowest BCUT2D eigenvalue weighted by Gasteiger charge is -2.24. The SMILES string of the molecule is C=C[C@@](C)(/C=C/c1ccc(OC)cc1)/C(CC=C(C)C)=N/NS(=O)(=O)c1ccc(C)cc1. The summed E-state index contributed by atoms with van der Waals surface area (Å²) in [6, 6.07) is 14.3. The summed E-state index contributed by atoms with van der Waals surface area (Å²) in [4.78, 5) is 2.57. The lowest BCUT2D eigenvalue weighted by molar-refractivity contribution is 0.415. The van der Waals surface area contributed by atoms with Crippen molar-refractivity contribution in [3.05, 3.63) is 90.0 Å². The van der Waals surface area contributed by atoms with Gasteiger partial charge in [-0.15, -0.1) is 6.58 Å². The fourth-order valence-electron chi connectivity index (χ4n) is 2.84. The summed E-state index contributed by atoms with van der Waals surface area (Å²) < 4.78 is 30.7. The second-order valence-corrected chi connectivity index (χ2v) is 9.71. The van der Waals surface area contributed by atoms with Gasteiger partial charge in [-0.05, 0) is 57.5 Å². The number of benzene rings is 2. The van der Waals surface area contributed by atoms with E-state index in [0.717, 1.165) is 22.4 Å².